The summed E-state index contributed by atoms with van der Waals surface area (Å²) >= 11 is 3.22. The molecule has 0 atom stereocenters. The van der Waals surface area contributed by atoms with Gasteiger partial charge in [-0.05, 0) is 28.1 Å². The first-order chi connectivity index (χ1) is 7.49. The van der Waals surface area contributed by atoms with Crippen LogP contribution in [0.4, 0.5) is 4.79 Å². The van der Waals surface area contributed by atoms with Gasteiger partial charge in [-0.25, -0.2) is 4.79 Å². The molecular weight excluding hydrogens is 278 g/mol. The third kappa shape index (κ3) is 3.85. The van der Waals surface area contributed by atoms with E-state index >= 15 is 0 Å². The van der Waals surface area contributed by atoms with Crippen LogP contribution in [0.2, 0.25) is 0 Å². The van der Waals surface area contributed by atoms with E-state index in [-0.39, 0.29) is 6.54 Å². The summed E-state index contributed by atoms with van der Waals surface area (Å²) < 4.78 is 0.806. The van der Waals surface area contributed by atoms with Gasteiger partial charge in [0.15, 0.2) is 0 Å². The van der Waals surface area contributed by atoms with E-state index < -0.39 is 18.5 Å². The first-order valence-electron chi connectivity index (χ1n) is 4.35. The van der Waals surface area contributed by atoms with Crippen LogP contribution in [0.5, 0.6) is 0 Å². The molecule has 0 radical (unpaired) electrons. The van der Waals surface area contributed by atoms with Gasteiger partial charge in [0.1, 0.15) is 6.54 Å². The van der Waals surface area contributed by atoms with Crippen molar-refractivity contribution in [3.05, 3.63) is 28.5 Å². The van der Waals surface area contributed by atoms with Crippen molar-refractivity contribution in [2.24, 2.45) is 5.73 Å². The van der Waals surface area contributed by atoms with Crippen molar-refractivity contribution in [1.82, 2.24) is 9.88 Å². The number of rotatable bonds is 4. The molecule has 6 nitrogen and oxygen atoms in total. The Labute approximate surface area is 100 Å². The van der Waals surface area contributed by atoms with Crippen molar-refractivity contribution in [2.75, 3.05) is 6.54 Å². The first-order valence-corrected chi connectivity index (χ1v) is 5.15. The molecule has 1 rings (SSSR count). The molecule has 0 aliphatic rings. The summed E-state index contributed by atoms with van der Waals surface area (Å²) in [6.45, 7) is -0.359. The number of aromatic nitrogens is 1. The van der Waals surface area contributed by atoms with Crippen LogP contribution in [0.1, 0.15) is 5.69 Å². The lowest BCUT2D eigenvalue weighted by Crippen LogP contribution is -2.39. The second-order valence-corrected chi connectivity index (χ2v) is 3.97. The van der Waals surface area contributed by atoms with Crippen LogP contribution in [0.15, 0.2) is 22.8 Å². The van der Waals surface area contributed by atoms with Crippen molar-refractivity contribution in [1.29, 1.82) is 0 Å². The van der Waals surface area contributed by atoms with Crippen LogP contribution in [0.3, 0.4) is 0 Å². The highest BCUT2D eigenvalue weighted by atomic mass is 79.9. The Bertz CT molecular complexity index is 393. The van der Waals surface area contributed by atoms with Crippen molar-refractivity contribution < 1.29 is 14.7 Å². The van der Waals surface area contributed by atoms with E-state index in [0.717, 1.165) is 9.37 Å². The second-order valence-electron chi connectivity index (χ2n) is 3.06. The molecule has 7 heteroatoms. The number of pyridine rings is 1. The lowest BCUT2D eigenvalue weighted by molar-refractivity contribution is -0.137. The quantitative estimate of drug-likeness (QED) is 0.856. The molecule has 1 aromatic heterocycles. The summed E-state index contributed by atoms with van der Waals surface area (Å²) in [5.41, 5.74) is 5.62. The summed E-state index contributed by atoms with van der Waals surface area (Å²) in [5, 5.41) is 8.58. The lowest BCUT2D eigenvalue weighted by Gasteiger charge is -2.17. The van der Waals surface area contributed by atoms with E-state index in [9.17, 15) is 9.59 Å². The fourth-order valence-corrected chi connectivity index (χ4v) is 1.31. The fraction of sp³-hybridized carbons (Fsp3) is 0.222. The van der Waals surface area contributed by atoms with E-state index in [1.807, 2.05) is 0 Å². The topological polar surface area (TPSA) is 96.5 Å². The van der Waals surface area contributed by atoms with Crippen molar-refractivity contribution in [3.8, 4) is 0 Å². The average Bonchev–Trinajstić information content (AvgIpc) is 2.19. The highest BCUT2D eigenvalue weighted by Crippen LogP contribution is 2.09. The van der Waals surface area contributed by atoms with Gasteiger partial charge in [-0.1, -0.05) is 0 Å². The number of carboxylic acid groups (broad SMARTS) is 1. The maximum atomic E-state index is 11.0. The Kier molecular flexibility index (Phi) is 4.24. The van der Waals surface area contributed by atoms with E-state index in [1.54, 1.807) is 18.3 Å². The highest BCUT2D eigenvalue weighted by molar-refractivity contribution is 9.10. The third-order valence-corrected chi connectivity index (χ3v) is 2.25. The molecule has 2 amide bonds. The molecule has 0 fully saturated rings. The Hall–Kier alpha value is -1.63. The van der Waals surface area contributed by atoms with Gasteiger partial charge < -0.3 is 15.7 Å². The summed E-state index contributed by atoms with van der Waals surface area (Å²) in [7, 11) is 0. The van der Waals surface area contributed by atoms with Crippen LogP contribution >= 0.6 is 15.9 Å². The number of amides is 2. The summed E-state index contributed by atoms with van der Waals surface area (Å²) in [6, 6.07) is 2.65. The Morgan fingerprint density at radius 1 is 1.50 bits per heavy atom. The molecule has 0 saturated carbocycles. The average molecular weight is 288 g/mol. The molecule has 0 aliphatic carbocycles. The number of aliphatic carboxylic acids is 1. The molecule has 1 aromatic rings. The zero-order valence-corrected chi connectivity index (χ0v) is 9.85. The van der Waals surface area contributed by atoms with Gasteiger partial charge in [-0.3, -0.25) is 9.78 Å². The van der Waals surface area contributed by atoms with Crippen LogP contribution < -0.4 is 5.73 Å². The molecule has 0 saturated heterocycles. The minimum Gasteiger partial charge on any atom is -0.480 e. The number of hydrogen-bond acceptors (Lipinski definition) is 3. The largest absolute Gasteiger partial charge is 0.480 e. The van der Waals surface area contributed by atoms with Crippen molar-refractivity contribution in [2.45, 2.75) is 6.54 Å². The maximum absolute atomic E-state index is 11.0. The molecular formula is C9H10BrN3O3. The molecule has 0 unspecified atom stereocenters. The monoisotopic (exact) mass is 287 g/mol. The van der Waals surface area contributed by atoms with Gasteiger partial charge in [-0.2, -0.15) is 0 Å². The zero-order chi connectivity index (χ0) is 12.1. The molecule has 1 heterocycles. The van der Waals surface area contributed by atoms with Gasteiger partial charge in [0.2, 0.25) is 0 Å². The SMILES string of the molecule is NC(=O)N(CC(=O)O)Cc1ccc(Br)cn1. The minimum absolute atomic E-state index is 0.0783. The fourth-order valence-electron chi connectivity index (χ4n) is 1.07. The molecule has 0 bridgehead atoms. The number of carboxylic acids is 1. The van der Waals surface area contributed by atoms with E-state index in [2.05, 4.69) is 20.9 Å². The van der Waals surface area contributed by atoms with Gasteiger partial charge in [0.25, 0.3) is 0 Å². The number of carbonyl (C=O) groups is 2. The molecule has 16 heavy (non-hydrogen) atoms. The Morgan fingerprint density at radius 2 is 2.19 bits per heavy atom. The second kappa shape index (κ2) is 5.45. The molecule has 0 aromatic carbocycles. The predicted molar refractivity (Wildman–Crippen MR) is 59.6 cm³/mol. The number of urea groups is 1. The zero-order valence-electron chi connectivity index (χ0n) is 8.26. The number of nitrogens with two attached hydrogens (primary N) is 1. The van der Waals surface area contributed by atoms with Crippen LogP contribution in [0, 0.1) is 0 Å². The minimum atomic E-state index is -1.11. The Morgan fingerprint density at radius 3 is 2.62 bits per heavy atom. The van der Waals surface area contributed by atoms with E-state index in [0.29, 0.717) is 5.69 Å². The smallest absolute Gasteiger partial charge is 0.323 e. The number of hydrogen-bond donors (Lipinski definition) is 2. The predicted octanol–water partition coefficient (Wildman–Crippen LogP) is 0.809. The van der Waals surface area contributed by atoms with Gasteiger partial charge >= 0.3 is 12.0 Å². The van der Waals surface area contributed by atoms with Crippen LogP contribution in [-0.4, -0.2) is 33.5 Å². The standard InChI is InChI=1S/C9H10BrN3O3/c10-6-1-2-7(12-3-6)4-13(9(11)16)5-8(14)15/h1-3H,4-5H2,(H2,11,16)(H,14,15). The first kappa shape index (κ1) is 12.4. The summed E-state index contributed by atoms with van der Waals surface area (Å²) in [6.07, 6.45) is 1.56. The van der Waals surface area contributed by atoms with Crippen molar-refractivity contribution in [3.63, 3.8) is 0 Å². The van der Waals surface area contributed by atoms with Gasteiger partial charge in [-0.15, -0.1) is 0 Å². The highest BCUT2D eigenvalue weighted by Gasteiger charge is 2.14. The number of carbonyl (C=O) groups excluding carboxylic acids is 1. The number of primary amides is 1. The molecule has 0 aliphatic heterocycles. The normalized spacial score (nSPS) is 9.81. The molecule has 0 spiro atoms. The van der Waals surface area contributed by atoms with E-state index in [4.69, 9.17) is 10.8 Å². The van der Waals surface area contributed by atoms with Gasteiger partial charge in [0, 0.05) is 10.7 Å². The lowest BCUT2D eigenvalue weighted by atomic mass is 10.3. The maximum Gasteiger partial charge on any atom is 0.323 e. The van der Waals surface area contributed by atoms with Crippen molar-refractivity contribution >= 4 is 27.9 Å². The Balaban J connectivity index is 2.71. The van der Waals surface area contributed by atoms with Crippen LogP contribution in [0.25, 0.3) is 0 Å². The summed E-state index contributed by atoms with van der Waals surface area (Å²) in [4.78, 5) is 26.5. The summed E-state index contributed by atoms with van der Waals surface area (Å²) in [5.74, 6) is -1.11. The number of halogens is 1. The van der Waals surface area contributed by atoms with Gasteiger partial charge in [0.05, 0.1) is 12.2 Å². The third-order valence-electron chi connectivity index (χ3n) is 1.78. The van der Waals surface area contributed by atoms with E-state index in [1.165, 1.54) is 0 Å². The number of nitrogens with zero attached hydrogens (tertiary/aromatic N) is 2. The molecule has 3 N–H and O–H groups in total. The molecule has 86 valence electrons. The van der Waals surface area contributed by atoms with Crippen LogP contribution in [-0.2, 0) is 11.3 Å².